The van der Waals surface area contributed by atoms with E-state index >= 15 is 0 Å². The molecule has 0 bridgehead atoms. The van der Waals surface area contributed by atoms with Crippen molar-refractivity contribution in [2.75, 3.05) is 25.5 Å². The summed E-state index contributed by atoms with van der Waals surface area (Å²) in [6.45, 7) is 3.46. The van der Waals surface area contributed by atoms with Crippen molar-refractivity contribution >= 4 is 5.82 Å². The molecule has 1 fully saturated rings. The van der Waals surface area contributed by atoms with Crippen molar-refractivity contribution in [2.24, 2.45) is 5.92 Å². The highest BCUT2D eigenvalue weighted by Gasteiger charge is 2.12. The molecular formula is C11H18N4O. The summed E-state index contributed by atoms with van der Waals surface area (Å²) in [7, 11) is 0. The van der Waals surface area contributed by atoms with Gasteiger partial charge in [-0.2, -0.15) is 0 Å². The van der Waals surface area contributed by atoms with Gasteiger partial charge in [-0.1, -0.05) is 0 Å². The van der Waals surface area contributed by atoms with Crippen LogP contribution in [-0.4, -0.2) is 29.7 Å². The molecule has 0 saturated carbocycles. The summed E-state index contributed by atoms with van der Waals surface area (Å²) in [4.78, 5) is 8.28. The van der Waals surface area contributed by atoms with Gasteiger partial charge >= 0.3 is 0 Å². The number of ether oxygens (including phenoxy) is 1. The Morgan fingerprint density at radius 3 is 3.00 bits per heavy atom. The molecule has 0 unspecified atom stereocenters. The van der Waals surface area contributed by atoms with Gasteiger partial charge in [0.2, 0.25) is 0 Å². The molecule has 1 aromatic rings. The first-order chi connectivity index (χ1) is 7.84. The lowest BCUT2D eigenvalue weighted by Crippen LogP contribution is -2.28. The van der Waals surface area contributed by atoms with Crippen LogP contribution in [0.5, 0.6) is 0 Å². The molecule has 88 valence electrons. The summed E-state index contributed by atoms with van der Waals surface area (Å²) in [5.74, 6) is 2.00. The fourth-order valence-corrected chi connectivity index (χ4v) is 1.84. The Balaban J connectivity index is 1.71. The lowest BCUT2D eigenvalue weighted by Gasteiger charge is -2.22. The van der Waals surface area contributed by atoms with Crippen LogP contribution in [0.2, 0.25) is 0 Å². The van der Waals surface area contributed by atoms with Crippen molar-refractivity contribution in [1.82, 2.24) is 15.3 Å². The fraction of sp³-hybridized carbons (Fsp3) is 0.636. The summed E-state index contributed by atoms with van der Waals surface area (Å²) in [6, 6.07) is 1.70. The van der Waals surface area contributed by atoms with Crippen LogP contribution in [0.15, 0.2) is 12.3 Å². The van der Waals surface area contributed by atoms with Crippen molar-refractivity contribution in [3.05, 3.63) is 18.1 Å². The second-order valence-corrected chi connectivity index (χ2v) is 4.08. The number of nitrogens with one attached hydrogen (secondary N) is 1. The number of nitrogen functional groups attached to an aromatic ring is 1. The molecule has 2 heterocycles. The van der Waals surface area contributed by atoms with Crippen molar-refractivity contribution in [2.45, 2.75) is 19.4 Å². The minimum absolute atomic E-state index is 0.526. The topological polar surface area (TPSA) is 73.1 Å². The molecule has 0 atom stereocenters. The van der Waals surface area contributed by atoms with Crippen LogP contribution < -0.4 is 11.1 Å². The van der Waals surface area contributed by atoms with Gasteiger partial charge in [-0.3, -0.25) is 0 Å². The molecule has 5 nitrogen and oxygen atoms in total. The predicted molar refractivity (Wildman–Crippen MR) is 61.7 cm³/mol. The summed E-state index contributed by atoms with van der Waals surface area (Å²) < 4.78 is 5.31. The molecule has 1 saturated heterocycles. The van der Waals surface area contributed by atoms with Gasteiger partial charge in [0.1, 0.15) is 11.6 Å². The summed E-state index contributed by atoms with van der Waals surface area (Å²) in [5.41, 5.74) is 5.58. The van der Waals surface area contributed by atoms with E-state index in [1.807, 2.05) is 0 Å². The van der Waals surface area contributed by atoms with E-state index in [0.29, 0.717) is 12.4 Å². The number of nitrogens with zero attached hydrogens (tertiary/aromatic N) is 2. The van der Waals surface area contributed by atoms with Crippen LogP contribution >= 0.6 is 0 Å². The van der Waals surface area contributed by atoms with Crippen LogP contribution in [0.4, 0.5) is 5.82 Å². The minimum atomic E-state index is 0.526. The first-order valence-corrected chi connectivity index (χ1v) is 5.70. The summed E-state index contributed by atoms with van der Waals surface area (Å²) in [5, 5.41) is 3.36. The zero-order valence-electron chi connectivity index (χ0n) is 9.35. The number of aromatic nitrogens is 2. The lowest BCUT2D eigenvalue weighted by molar-refractivity contribution is 0.0662. The number of anilines is 1. The van der Waals surface area contributed by atoms with Crippen LogP contribution in [-0.2, 0) is 11.3 Å². The van der Waals surface area contributed by atoms with E-state index in [2.05, 4.69) is 15.3 Å². The molecule has 0 aliphatic carbocycles. The molecule has 3 N–H and O–H groups in total. The van der Waals surface area contributed by atoms with Crippen LogP contribution in [0, 0.1) is 5.92 Å². The molecule has 2 rings (SSSR count). The molecule has 0 spiro atoms. The third kappa shape index (κ3) is 3.43. The Morgan fingerprint density at radius 2 is 2.25 bits per heavy atom. The van der Waals surface area contributed by atoms with Crippen molar-refractivity contribution < 1.29 is 4.74 Å². The smallest absolute Gasteiger partial charge is 0.144 e. The molecule has 16 heavy (non-hydrogen) atoms. The summed E-state index contributed by atoms with van der Waals surface area (Å²) in [6.07, 6.45) is 3.98. The molecule has 0 aromatic carbocycles. The quantitative estimate of drug-likeness (QED) is 0.779. The minimum Gasteiger partial charge on any atom is -0.384 e. The largest absolute Gasteiger partial charge is 0.384 e. The summed E-state index contributed by atoms with van der Waals surface area (Å²) >= 11 is 0. The maximum atomic E-state index is 5.58. The van der Waals surface area contributed by atoms with Crippen molar-refractivity contribution in [3.8, 4) is 0 Å². The Morgan fingerprint density at radius 1 is 1.44 bits per heavy atom. The predicted octanol–water partition coefficient (Wildman–Crippen LogP) is 0.575. The van der Waals surface area contributed by atoms with Gasteiger partial charge in [-0.05, 0) is 31.4 Å². The Hall–Kier alpha value is -1.20. The third-order valence-corrected chi connectivity index (χ3v) is 2.78. The van der Waals surface area contributed by atoms with Gasteiger partial charge in [0.15, 0.2) is 0 Å². The normalized spacial score (nSPS) is 17.5. The maximum Gasteiger partial charge on any atom is 0.144 e. The first-order valence-electron chi connectivity index (χ1n) is 5.70. The molecule has 1 aromatic heterocycles. The van der Waals surface area contributed by atoms with Gasteiger partial charge in [0.25, 0.3) is 0 Å². The number of hydrogen-bond acceptors (Lipinski definition) is 5. The van der Waals surface area contributed by atoms with Crippen LogP contribution in [0.25, 0.3) is 0 Å². The van der Waals surface area contributed by atoms with E-state index < -0.39 is 0 Å². The second kappa shape index (κ2) is 5.77. The lowest BCUT2D eigenvalue weighted by atomic mass is 10.0. The van der Waals surface area contributed by atoms with Gasteiger partial charge < -0.3 is 15.8 Å². The van der Waals surface area contributed by atoms with E-state index in [4.69, 9.17) is 10.5 Å². The number of hydrogen-bond donors (Lipinski definition) is 2. The van der Waals surface area contributed by atoms with E-state index in [1.165, 1.54) is 0 Å². The van der Waals surface area contributed by atoms with Gasteiger partial charge in [0, 0.05) is 19.4 Å². The molecule has 5 heteroatoms. The van der Waals surface area contributed by atoms with Crippen molar-refractivity contribution in [3.63, 3.8) is 0 Å². The third-order valence-electron chi connectivity index (χ3n) is 2.78. The molecular weight excluding hydrogens is 204 g/mol. The van der Waals surface area contributed by atoms with E-state index in [1.54, 1.807) is 12.3 Å². The Bertz CT molecular complexity index is 326. The highest BCUT2D eigenvalue weighted by atomic mass is 16.5. The second-order valence-electron chi connectivity index (χ2n) is 4.08. The zero-order chi connectivity index (χ0) is 11.2. The monoisotopic (exact) mass is 222 g/mol. The molecule has 0 amide bonds. The van der Waals surface area contributed by atoms with E-state index in [0.717, 1.165) is 44.3 Å². The average Bonchev–Trinajstić information content (AvgIpc) is 2.30. The Kier molecular flexibility index (Phi) is 4.07. The van der Waals surface area contributed by atoms with Gasteiger partial charge in [-0.15, -0.1) is 0 Å². The standard InChI is InChI=1S/C11H18N4O/c12-10-1-4-14-11(15-10)8-13-7-9-2-5-16-6-3-9/h1,4,9,13H,2-3,5-8H2,(H2,12,14,15). The molecule has 0 radical (unpaired) electrons. The van der Waals surface area contributed by atoms with Gasteiger partial charge in [-0.25, -0.2) is 9.97 Å². The molecule has 1 aliphatic rings. The SMILES string of the molecule is Nc1ccnc(CNCC2CCOCC2)n1. The highest BCUT2D eigenvalue weighted by Crippen LogP contribution is 2.13. The van der Waals surface area contributed by atoms with E-state index in [9.17, 15) is 0 Å². The van der Waals surface area contributed by atoms with Crippen molar-refractivity contribution in [1.29, 1.82) is 0 Å². The maximum absolute atomic E-state index is 5.58. The average molecular weight is 222 g/mol. The first kappa shape index (κ1) is 11.3. The highest BCUT2D eigenvalue weighted by molar-refractivity contribution is 5.24. The van der Waals surface area contributed by atoms with Gasteiger partial charge in [0.05, 0.1) is 6.54 Å². The van der Waals surface area contributed by atoms with E-state index in [-0.39, 0.29) is 0 Å². The number of rotatable bonds is 4. The molecule has 1 aliphatic heterocycles. The van der Waals surface area contributed by atoms with Crippen LogP contribution in [0.1, 0.15) is 18.7 Å². The van der Waals surface area contributed by atoms with Crippen LogP contribution in [0.3, 0.4) is 0 Å². The zero-order valence-corrected chi connectivity index (χ0v) is 9.35. The fourth-order valence-electron chi connectivity index (χ4n) is 1.84. The number of nitrogens with two attached hydrogens (primary N) is 1. The Labute approximate surface area is 95.4 Å².